The van der Waals surface area contributed by atoms with E-state index in [2.05, 4.69) is 30.2 Å². The summed E-state index contributed by atoms with van der Waals surface area (Å²) in [4.78, 5) is 30.2. The van der Waals surface area contributed by atoms with Crippen LogP contribution in [0.2, 0.25) is 0 Å². The maximum Gasteiger partial charge on any atom is 0.410 e. The van der Waals surface area contributed by atoms with E-state index in [1.54, 1.807) is 46.8 Å². The number of ether oxygens (including phenoxy) is 1. The number of pyridine rings is 1. The van der Waals surface area contributed by atoms with E-state index in [9.17, 15) is 4.79 Å². The van der Waals surface area contributed by atoms with Crippen LogP contribution in [-0.4, -0.2) is 77.7 Å². The summed E-state index contributed by atoms with van der Waals surface area (Å²) in [6, 6.07) is 1.96. The minimum Gasteiger partial charge on any atom is -0.444 e. The number of hydrogen-bond donors (Lipinski definition) is 1. The van der Waals surface area contributed by atoms with Crippen LogP contribution in [0.3, 0.4) is 0 Å². The third-order valence-corrected chi connectivity index (χ3v) is 5.54. The Bertz CT molecular complexity index is 1290. The van der Waals surface area contributed by atoms with Crippen LogP contribution in [0.25, 0.3) is 28.0 Å². The molecule has 1 aliphatic rings. The van der Waals surface area contributed by atoms with E-state index in [1.807, 2.05) is 26.8 Å². The molecule has 11 nitrogen and oxygen atoms in total. The van der Waals surface area contributed by atoms with Gasteiger partial charge in [0.15, 0.2) is 5.82 Å². The van der Waals surface area contributed by atoms with Crippen LogP contribution >= 0.6 is 0 Å². The van der Waals surface area contributed by atoms with Crippen molar-refractivity contribution in [2.45, 2.75) is 32.8 Å². The lowest BCUT2D eigenvalue weighted by Crippen LogP contribution is -2.39. The molecular weight excluding hydrogens is 434 g/mol. The quantitative estimate of drug-likeness (QED) is 0.495. The summed E-state index contributed by atoms with van der Waals surface area (Å²) in [7, 11) is 0. The molecule has 176 valence electrons. The van der Waals surface area contributed by atoms with Crippen molar-refractivity contribution in [3.8, 4) is 17.1 Å². The number of carbonyl (C=O) groups is 1. The van der Waals surface area contributed by atoms with Crippen molar-refractivity contribution < 1.29 is 9.53 Å². The average Bonchev–Trinajstić information content (AvgIpc) is 3.42. The molecule has 0 aromatic carbocycles. The largest absolute Gasteiger partial charge is 0.444 e. The van der Waals surface area contributed by atoms with Gasteiger partial charge in [-0.2, -0.15) is 10.2 Å². The van der Waals surface area contributed by atoms with Gasteiger partial charge in [0.05, 0.1) is 36.0 Å². The predicted molar refractivity (Wildman–Crippen MR) is 127 cm³/mol. The van der Waals surface area contributed by atoms with Crippen molar-refractivity contribution in [3.05, 3.63) is 43.2 Å². The Morgan fingerprint density at radius 1 is 1.03 bits per heavy atom. The Balaban J connectivity index is 1.37. The van der Waals surface area contributed by atoms with Gasteiger partial charge in [-0.3, -0.25) is 15.1 Å². The van der Waals surface area contributed by atoms with Gasteiger partial charge < -0.3 is 14.5 Å². The molecule has 1 aliphatic heterocycles. The molecule has 0 unspecified atom stereocenters. The number of hydrogen-bond acceptors (Lipinski definition) is 8. The summed E-state index contributed by atoms with van der Waals surface area (Å²) in [5, 5.41) is 12.2. The highest BCUT2D eigenvalue weighted by Gasteiger charge is 2.25. The summed E-state index contributed by atoms with van der Waals surface area (Å²) in [5.41, 5.74) is 2.06. The summed E-state index contributed by atoms with van der Waals surface area (Å²) in [6.07, 6.45) is 11.1. The molecule has 0 aliphatic carbocycles. The van der Waals surface area contributed by atoms with Crippen molar-refractivity contribution in [2.24, 2.45) is 0 Å². The van der Waals surface area contributed by atoms with Crippen LogP contribution in [0.4, 0.5) is 10.6 Å². The number of rotatable bonds is 3. The fourth-order valence-electron chi connectivity index (χ4n) is 3.91. The first-order chi connectivity index (χ1) is 16.4. The molecule has 1 N–H and O–H groups in total. The first-order valence-electron chi connectivity index (χ1n) is 11.3. The van der Waals surface area contributed by atoms with Crippen LogP contribution in [0.15, 0.2) is 43.2 Å². The molecule has 4 aromatic rings. The van der Waals surface area contributed by atoms with Gasteiger partial charge in [0.1, 0.15) is 11.4 Å². The average molecular weight is 462 g/mol. The van der Waals surface area contributed by atoms with Gasteiger partial charge in [-0.25, -0.2) is 14.5 Å². The Labute approximate surface area is 196 Å². The second-order valence-electron chi connectivity index (χ2n) is 9.22. The molecule has 1 saturated heterocycles. The molecule has 1 fully saturated rings. The fourth-order valence-corrected chi connectivity index (χ4v) is 3.91. The van der Waals surface area contributed by atoms with Gasteiger partial charge >= 0.3 is 6.09 Å². The number of anilines is 1. The lowest BCUT2D eigenvalue weighted by atomic mass is 10.2. The Hall–Kier alpha value is -4.02. The minimum absolute atomic E-state index is 0.278. The minimum atomic E-state index is -0.511. The maximum absolute atomic E-state index is 12.5. The fraction of sp³-hybridized carbons (Fsp3) is 0.391. The van der Waals surface area contributed by atoms with Gasteiger partial charge in [0.2, 0.25) is 0 Å². The van der Waals surface area contributed by atoms with E-state index < -0.39 is 5.60 Å². The van der Waals surface area contributed by atoms with Crippen molar-refractivity contribution in [1.82, 2.24) is 39.8 Å². The SMILES string of the molecule is CC(C)(C)OC(=O)N1CCCN(c2cncc(-n3ncc4cnc(-c5cn[nH]c5)cc43)n2)CC1. The first-order valence-corrected chi connectivity index (χ1v) is 11.3. The molecule has 0 radical (unpaired) electrons. The van der Waals surface area contributed by atoms with Crippen LogP contribution in [-0.2, 0) is 4.74 Å². The number of carbonyl (C=O) groups excluding carboxylic acids is 1. The lowest BCUT2D eigenvalue weighted by molar-refractivity contribution is 0.0263. The molecule has 0 bridgehead atoms. The number of nitrogens with one attached hydrogen (secondary N) is 1. The highest BCUT2D eigenvalue weighted by Crippen LogP contribution is 2.23. The van der Waals surface area contributed by atoms with Gasteiger partial charge in [0.25, 0.3) is 0 Å². The number of H-pyrrole nitrogens is 1. The third-order valence-electron chi connectivity index (χ3n) is 5.54. The lowest BCUT2D eigenvalue weighted by Gasteiger charge is -2.26. The summed E-state index contributed by atoms with van der Waals surface area (Å²) in [5.74, 6) is 1.36. The van der Waals surface area contributed by atoms with Gasteiger partial charge in [0, 0.05) is 49.5 Å². The molecule has 11 heteroatoms. The number of fused-ring (bicyclic) bond motifs is 1. The zero-order chi connectivity index (χ0) is 23.7. The molecule has 1 amide bonds. The predicted octanol–water partition coefficient (Wildman–Crippen LogP) is 3.05. The Morgan fingerprint density at radius 2 is 1.88 bits per heavy atom. The third kappa shape index (κ3) is 4.54. The van der Waals surface area contributed by atoms with Crippen molar-refractivity contribution in [2.75, 3.05) is 31.1 Å². The monoisotopic (exact) mass is 461 g/mol. The molecule has 0 spiro atoms. The Kier molecular flexibility index (Phi) is 5.60. The zero-order valence-corrected chi connectivity index (χ0v) is 19.5. The van der Waals surface area contributed by atoms with E-state index in [1.165, 1.54) is 0 Å². The molecule has 0 atom stereocenters. The molecule has 4 aromatic heterocycles. The van der Waals surface area contributed by atoms with E-state index in [0.29, 0.717) is 25.5 Å². The normalized spacial score (nSPS) is 14.9. The van der Waals surface area contributed by atoms with Gasteiger partial charge in [-0.1, -0.05) is 0 Å². The van der Waals surface area contributed by atoms with Crippen LogP contribution in [0, 0.1) is 0 Å². The van der Waals surface area contributed by atoms with Crippen molar-refractivity contribution >= 4 is 22.8 Å². The van der Waals surface area contributed by atoms with Gasteiger partial charge in [-0.05, 0) is 33.3 Å². The first kappa shape index (κ1) is 21.8. The van der Waals surface area contributed by atoms with E-state index >= 15 is 0 Å². The highest BCUT2D eigenvalue weighted by molar-refractivity contribution is 5.82. The summed E-state index contributed by atoms with van der Waals surface area (Å²) < 4.78 is 7.30. The smallest absolute Gasteiger partial charge is 0.410 e. The molecule has 5 rings (SSSR count). The van der Waals surface area contributed by atoms with Crippen LogP contribution < -0.4 is 4.90 Å². The van der Waals surface area contributed by atoms with E-state index in [-0.39, 0.29) is 6.09 Å². The van der Waals surface area contributed by atoms with Crippen LogP contribution in [0.5, 0.6) is 0 Å². The molecule has 0 saturated carbocycles. The molecule has 34 heavy (non-hydrogen) atoms. The second-order valence-corrected chi connectivity index (χ2v) is 9.22. The van der Waals surface area contributed by atoms with Gasteiger partial charge in [-0.15, -0.1) is 0 Å². The molecular formula is C23H27N9O2. The highest BCUT2D eigenvalue weighted by atomic mass is 16.6. The summed E-state index contributed by atoms with van der Waals surface area (Å²) >= 11 is 0. The number of nitrogens with zero attached hydrogens (tertiary/aromatic N) is 8. The topological polar surface area (TPSA) is 118 Å². The standard InChI is InChI=1S/C23H27N9O2/c1-23(2,3)34-22(33)31-6-4-5-30(7-8-31)20-14-24-15-21(29-20)32-19-9-18(16-11-26-27-12-16)25-10-17(19)13-28-32/h9-15H,4-8H2,1-3H3,(H,26,27). The van der Waals surface area contributed by atoms with Crippen LogP contribution in [0.1, 0.15) is 27.2 Å². The van der Waals surface area contributed by atoms with E-state index in [4.69, 9.17) is 9.72 Å². The number of aromatic nitrogens is 7. The Morgan fingerprint density at radius 3 is 2.68 bits per heavy atom. The number of amides is 1. The van der Waals surface area contributed by atoms with Crippen molar-refractivity contribution in [1.29, 1.82) is 0 Å². The number of aromatic amines is 1. The second kappa shape index (κ2) is 8.73. The molecule has 5 heterocycles. The zero-order valence-electron chi connectivity index (χ0n) is 19.5. The van der Waals surface area contributed by atoms with E-state index in [0.717, 1.165) is 40.9 Å². The maximum atomic E-state index is 12.5. The van der Waals surface area contributed by atoms with Crippen molar-refractivity contribution in [3.63, 3.8) is 0 Å². The summed E-state index contributed by atoms with van der Waals surface area (Å²) in [6.45, 7) is 8.25.